The summed E-state index contributed by atoms with van der Waals surface area (Å²) in [5.41, 5.74) is 2.47. The Balaban J connectivity index is 1.95. The highest BCUT2D eigenvalue weighted by Gasteiger charge is 2.20. The van der Waals surface area contributed by atoms with Crippen molar-refractivity contribution in [2.24, 2.45) is 10.9 Å². The van der Waals surface area contributed by atoms with Gasteiger partial charge in [-0.15, -0.1) is 0 Å². The molecule has 2 aliphatic rings. The molecule has 0 amide bonds. The van der Waals surface area contributed by atoms with Crippen LogP contribution in [0.5, 0.6) is 0 Å². The smallest absolute Gasteiger partial charge is 0.216 e. The van der Waals surface area contributed by atoms with E-state index in [-0.39, 0.29) is 0 Å². The number of aliphatic imine (C=N–C) groups is 1. The Labute approximate surface area is 134 Å². The second-order valence-corrected chi connectivity index (χ2v) is 6.66. The van der Waals surface area contributed by atoms with Crippen molar-refractivity contribution in [2.45, 2.75) is 32.1 Å². The first-order chi connectivity index (χ1) is 9.84. The zero-order valence-electron chi connectivity index (χ0n) is 11.6. The fourth-order valence-electron chi connectivity index (χ4n) is 2.99. The van der Waals surface area contributed by atoms with Gasteiger partial charge in [0.15, 0.2) is 0 Å². The Bertz CT molecular complexity index is 530. The molecule has 0 saturated heterocycles. The first kappa shape index (κ1) is 14.1. The highest BCUT2D eigenvalue weighted by atomic mass is 127. The van der Waals surface area contributed by atoms with Gasteiger partial charge in [-0.1, -0.05) is 43.5 Å². The average molecular weight is 381 g/mol. The number of hydrogen-bond acceptors (Lipinski definition) is 2. The number of rotatable bonds is 3. The molecule has 0 radical (unpaired) electrons. The molecular formula is C17H20INO. The topological polar surface area (TPSA) is 21.6 Å². The summed E-state index contributed by atoms with van der Waals surface area (Å²) in [5.74, 6) is 1.53. The van der Waals surface area contributed by atoms with E-state index in [2.05, 4.69) is 57.9 Å². The van der Waals surface area contributed by atoms with Crippen molar-refractivity contribution in [3.05, 3.63) is 39.5 Å². The summed E-state index contributed by atoms with van der Waals surface area (Å²) < 4.78 is 7.01. The predicted molar refractivity (Wildman–Crippen MR) is 92.0 cm³/mol. The third-order valence-electron chi connectivity index (χ3n) is 4.03. The van der Waals surface area contributed by atoms with Gasteiger partial charge in [0.1, 0.15) is 6.61 Å². The van der Waals surface area contributed by atoms with E-state index in [1.807, 2.05) is 0 Å². The van der Waals surface area contributed by atoms with Crippen molar-refractivity contribution >= 4 is 34.1 Å². The molecule has 1 heterocycles. The largest absolute Gasteiger partial charge is 0.476 e. The molecule has 1 aliphatic carbocycles. The number of ether oxygens (including phenoxy) is 1. The van der Waals surface area contributed by atoms with E-state index in [1.165, 1.54) is 46.8 Å². The minimum atomic E-state index is 0.682. The standard InChI is InChI=1S/C17H20INO/c18-16-9-5-4-8-14(16)15(17-19-10-11-20-17)12-13-6-2-1-3-7-13/h4-5,8-9,12-13H,1-3,6-7,10-11H2/b15-12+. The zero-order valence-corrected chi connectivity index (χ0v) is 13.8. The lowest BCUT2D eigenvalue weighted by atomic mass is 9.87. The summed E-state index contributed by atoms with van der Waals surface area (Å²) >= 11 is 2.40. The van der Waals surface area contributed by atoms with Gasteiger partial charge in [0, 0.05) is 14.7 Å². The summed E-state index contributed by atoms with van der Waals surface area (Å²) in [6, 6.07) is 8.52. The van der Waals surface area contributed by atoms with Crippen LogP contribution in [0, 0.1) is 9.49 Å². The van der Waals surface area contributed by atoms with Crippen LogP contribution in [0.3, 0.4) is 0 Å². The maximum absolute atomic E-state index is 5.74. The van der Waals surface area contributed by atoms with Crippen LogP contribution in [0.1, 0.15) is 37.7 Å². The molecule has 1 aromatic carbocycles. The second kappa shape index (κ2) is 6.74. The number of halogens is 1. The van der Waals surface area contributed by atoms with Gasteiger partial charge >= 0.3 is 0 Å². The number of hydrogen-bond donors (Lipinski definition) is 0. The van der Waals surface area contributed by atoms with Gasteiger partial charge in [-0.05, 0) is 47.4 Å². The SMILES string of the molecule is Ic1ccccc1/C(=C\C1CCCCC1)C1=NCCO1. The van der Waals surface area contributed by atoms with Crippen molar-refractivity contribution < 1.29 is 4.74 Å². The zero-order chi connectivity index (χ0) is 13.8. The molecule has 0 spiro atoms. The highest BCUT2D eigenvalue weighted by Crippen LogP contribution is 2.31. The van der Waals surface area contributed by atoms with E-state index >= 15 is 0 Å². The maximum atomic E-state index is 5.74. The molecule has 1 saturated carbocycles. The number of allylic oxidation sites excluding steroid dienone is 1. The molecular weight excluding hydrogens is 361 g/mol. The molecule has 1 aromatic rings. The van der Waals surface area contributed by atoms with Crippen molar-refractivity contribution in [3.63, 3.8) is 0 Å². The van der Waals surface area contributed by atoms with Gasteiger partial charge in [0.25, 0.3) is 0 Å². The van der Waals surface area contributed by atoms with Crippen LogP contribution in [0.15, 0.2) is 35.3 Å². The maximum Gasteiger partial charge on any atom is 0.216 e. The molecule has 20 heavy (non-hydrogen) atoms. The summed E-state index contributed by atoms with van der Waals surface area (Å²) in [5, 5.41) is 0. The Morgan fingerprint density at radius 1 is 1.20 bits per heavy atom. The normalized spacial score (nSPS) is 20.6. The Morgan fingerprint density at radius 2 is 2.00 bits per heavy atom. The molecule has 106 valence electrons. The molecule has 0 unspecified atom stereocenters. The average Bonchev–Trinajstić information content (AvgIpc) is 3.01. The number of benzene rings is 1. The quantitative estimate of drug-likeness (QED) is 0.697. The van der Waals surface area contributed by atoms with Crippen LogP contribution >= 0.6 is 22.6 Å². The second-order valence-electron chi connectivity index (χ2n) is 5.49. The molecule has 1 aliphatic heterocycles. The molecule has 3 rings (SSSR count). The first-order valence-corrected chi connectivity index (χ1v) is 8.57. The Kier molecular flexibility index (Phi) is 4.76. The fourth-order valence-corrected chi connectivity index (χ4v) is 3.67. The van der Waals surface area contributed by atoms with Crippen molar-refractivity contribution in [1.82, 2.24) is 0 Å². The monoisotopic (exact) mass is 381 g/mol. The van der Waals surface area contributed by atoms with Crippen molar-refractivity contribution in [1.29, 1.82) is 0 Å². The molecule has 1 fully saturated rings. The molecule has 0 N–H and O–H groups in total. The van der Waals surface area contributed by atoms with Crippen LogP contribution in [-0.4, -0.2) is 19.0 Å². The minimum Gasteiger partial charge on any atom is -0.476 e. The lowest BCUT2D eigenvalue weighted by Crippen LogP contribution is -2.09. The van der Waals surface area contributed by atoms with E-state index in [0.29, 0.717) is 5.92 Å². The van der Waals surface area contributed by atoms with Crippen LogP contribution in [-0.2, 0) is 4.74 Å². The third-order valence-corrected chi connectivity index (χ3v) is 4.97. The summed E-state index contributed by atoms with van der Waals surface area (Å²) in [6.45, 7) is 1.52. The number of nitrogens with zero attached hydrogens (tertiary/aromatic N) is 1. The van der Waals surface area contributed by atoms with Gasteiger partial charge < -0.3 is 4.74 Å². The van der Waals surface area contributed by atoms with Crippen LogP contribution in [0.25, 0.3) is 5.57 Å². The molecule has 0 bridgehead atoms. The van der Waals surface area contributed by atoms with E-state index in [4.69, 9.17) is 4.74 Å². The van der Waals surface area contributed by atoms with E-state index < -0.39 is 0 Å². The van der Waals surface area contributed by atoms with Crippen LogP contribution < -0.4 is 0 Å². The lowest BCUT2D eigenvalue weighted by Gasteiger charge is -2.20. The van der Waals surface area contributed by atoms with Gasteiger partial charge in [-0.3, -0.25) is 0 Å². The Hall–Kier alpha value is -0.840. The van der Waals surface area contributed by atoms with Crippen molar-refractivity contribution in [3.8, 4) is 0 Å². The van der Waals surface area contributed by atoms with E-state index in [1.54, 1.807) is 0 Å². The first-order valence-electron chi connectivity index (χ1n) is 7.49. The van der Waals surface area contributed by atoms with Crippen LogP contribution in [0.4, 0.5) is 0 Å². The lowest BCUT2D eigenvalue weighted by molar-refractivity contribution is 0.351. The van der Waals surface area contributed by atoms with Crippen molar-refractivity contribution in [2.75, 3.05) is 13.2 Å². The summed E-state index contributed by atoms with van der Waals surface area (Å²) in [6.07, 6.45) is 9.13. The van der Waals surface area contributed by atoms with E-state index in [0.717, 1.165) is 19.0 Å². The predicted octanol–water partition coefficient (Wildman–Crippen LogP) is 4.68. The van der Waals surface area contributed by atoms with Crippen LogP contribution in [0.2, 0.25) is 0 Å². The summed E-state index contributed by atoms with van der Waals surface area (Å²) in [4.78, 5) is 4.54. The summed E-state index contributed by atoms with van der Waals surface area (Å²) in [7, 11) is 0. The van der Waals surface area contributed by atoms with Gasteiger partial charge in [0.05, 0.1) is 6.54 Å². The molecule has 2 nitrogen and oxygen atoms in total. The molecule has 0 atom stereocenters. The van der Waals surface area contributed by atoms with Gasteiger partial charge in [-0.2, -0.15) is 0 Å². The van der Waals surface area contributed by atoms with Gasteiger partial charge in [0.2, 0.25) is 5.90 Å². The van der Waals surface area contributed by atoms with Gasteiger partial charge in [-0.25, -0.2) is 4.99 Å². The minimum absolute atomic E-state index is 0.682. The fraction of sp³-hybridized carbons (Fsp3) is 0.471. The highest BCUT2D eigenvalue weighted by molar-refractivity contribution is 14.1. The Morgan fingerprint density at radius 3 is 2.70 bits per heavy atom. The molecule has 0 aromatic heterocycles. The third kappa shape index (κ3) is 3.25. The molecule has 3 heteroatoms. The van der Waals surface area contributed by atoms with E-state index in [9.17, 15) is 0 Å².